The smallest absolute Gasteiger partial charge is 0.206 e. The van der Waals surface area contributed by atoms with Gasteiger partial charge in [0.15, 0.2) is 0 Å². The lowest BCUT2D eigenvalue weighted by Gasteiger charge is -2.00. The van der Waals surface area contributed by atoms with E-state index in [1.807, 2.05) is 12.1 Å². The Morgan fingerprint density at radius 3 is 1.65 bits per heavy atom. The number of fused-ring (bicyclic) bond motifs is 2. The van der Waals surface area contributed by atoms with Gasteiger partial charge >= 0.3 is 0 Å². The number of benzene rings is 2. The fourth-order valence-corrected chi connectivity index (χ4v) is 4.64. The van der Waals surface area contributed by atoms with E-state index in [-0.39, 0.29) is 0 Å². The van der Waals surface area contributed by atoms with Crippen LogP contribution in [-0.4, -0.2) is 35.7 Å². The van der Waals surface area contributed by atoms with Crippen LogP contribution in [0.5, 0.6) is 0 Å². The summed E-state index contributed by atoms with van der Waals surface area (Å²) >= 11 is 3.42. The maximum Gasteiger partial charge on any atom is 0.206 e. The summed E-state index contributed by atoms with van der Waals surface area (Å²) in [5.74, 6) is 0. The topological polar surface area (TPSA) is 129 Å². The molecule has 0 spiro atoms. The summed E-state index contributed by atoms with van der Waals surface area (Å²) in [4.78, 5) is 8.25. The predicted molar refractivity (Wildman–Crippen MR) is 174 cm³/mol. The van der Waals surface area contributed by atoms with Crippen LogP contribution in [0.4, 0.5) is 11.4 Å². The van der Waals surface area contributed by atoms with Gasteiger partial charge in [0.25, 0.3) is 0 Å². The SMILES string of the molecule is CCCCCCCCBr.[C-]#[N+]c1cc2n[nH]nc2cc1C#N.[C-]#[N+]c1cc2nn(CCCCCCCC)nc2cc1C#N. The molecule has 0 saturated heterocycles. The van der Waals surface area contributed by atoms with Crippen LogP contribution >= 0.6 is 15.9 Å². The number of aromatic nitrogens is 6. The molecule has 1 N–H and O–H groups in total. The summed E-state index contributed by atoms with van der Waals surface area (Å²) < 4.78 is 0. The van der Waals surface area contributed by atoms with E-state index in [4.69, 9.17) is 23.7 Å². The maximum atomic E-state index is 9.01. The molecule has 224 valence electrons. The first-order valence-electron chi connectivity index (χ1n) is 14.9. The molecule has 0 aliphatic heterocycles. The number of rotatable bonds is 13. The maximum absolute atomic E-state index is 9.01. The van der Waals surface area contributed by atoms with Gasteiger partial charge < -0.3 is 0 Å². The molecule has 4 aromatic rings. The Balaban J connectivity index is 0.000000250. The Bertz CT molecular complexity index is 1470. The molecule has 2 aromatic carbocycles. The monoisotopic (exact) mass is 642 g/mol. The minimum atomic E-state index is 0.309. The largest absolute Gasteiger partial charge is 0.237 e. The summed E-state index contributed by atoms with van der Waals surface area (Å²) in [5, 5.41) is 37.7. The lowest BCUT2D eigenvalue weighted by Crippen LogP contribution is -2.01. The number of unbranched alkanes of at least 4 members (excludes halogenated alkanes) is 10. The lowest BCUT2D eigenvalue weighted by atomic mass is 10.1. The second-order valence-corrected chi connectivity index (χ2v) is 10.8. The summed E-state index contributed by atoms with van der Waals surface area (Å²) in [6.45, 7) is 19.2. The molecule has 0 aliphatic carbocycles. The Morgan fingerprint density at radius 1 is 0.698 bits per heavy atom. The van der Waals surface area contributed by atoms with Crippen molar-refractivity contribution in [3.63, 3.8) is 0 Å². The first kappa shape index (κ1) is 34.9. The van der Waals surface area contributed by atoms with E-state index in [1.165, 1.54) is 76.0 Å². The van der Waals surface area contributed by atoms with E-state index in [0.29, 0.717) is 44.6 Å². The van der Waals surface area contributed by atoms with Crippen LogP contribution in [0.15, 0.2) is 24.3 Å². The average molecular weight is 644 g/mol. The van der Waals surface area contributed by atoms with Crippen molar-refractivity contribution < 1.29 is 0 Å². The van der Waals surface area contributed by atoms with Crippen LogP contribution in [-0.2, 0) is 6.54 Å². The minimum Gasteiger partial charge on any atom is -0.237 e. The van der Waals surface area contributed by atoms with Gasteiger partial charge in [-0.1, -0.05) is 94.0 Å². The molecular formula is C32H39BrN10. The number of alkyl halides is 1. The zero-order chi connectivity index (χ0) is 31.3. The van der Waals surface area contributed by atoms with Crippen molar-refractivity contribution in [3.05, 3.63) is 58.2 Å². The molecule has 0 bridgehead atoms. The predicted octanol–water partition coefficient (Wildman–Crippen LogP) is 9.34. The highest BCUT2D eigenvalue weighted by Gasteiger charge is 2.09. The van der Waals surface area contributed by atoms with E-state index in [9.17, 15) is 0 Å². The molecule has 0 unspecified atom stereocenters. The molecule has 0 atom stereocenters. The molecule has 2 heterocycles. The molecule has 0 radical (unpaired) electrons. The third kappa shape index (κ3) is 11.8. The van der Waals surface area contributed by atoms with E-state index in [2.05, 4.69) is 65.1 Å². The number of hydrogen-bond donors (Lipinski definition) is 1. The molecule has 2 aromatic heterocycles. The number of nitriles is 2. The fourth-order valence-electron chi connectivity index (χ4n) is 4.25. The van der Waals surface area contributed by atoms with Gasteiger partial charge in [0.1, 0.15) is 22.1 Å². The average Bonchev–Trinajstić information content (AvgIpc) is 3.67. The molecule has 4 rings (SSSR count). The second kappa shape index (κ2) is 20.5. The molecule has 43 heavy (non-hydrogen) atoms. The van der Waals surface area contributed by atoms with Gasteiger partial charge in [-0.2, -0.15) is 40.9 Å². The quantitative estimate of drug-likeness (QED) is 0.0878. The second-order valence-electron chi connectivity index (χ2n) is 10.0. The Morgan fingerprint density at radius 2 is 1.14 bits per heavy atom. The van der Waals surface area contributed by atoms with Gasteiger partial charge in [-0.25, -0.2) is 9.69 Å². The summed E-state index contributed by atoms with van der Waals surface area (Å²) in [5.41, 5.74) is 3.92. The molecule has 11 heteroatoms. The highest BCUT2D eigenvalue weighted by Crippen LogP contribution is 2.24. The van der Waals surface area contributed by atoms with Crippen molar-refractivity contribution >= 4 is 49.4 Å². The minimum absolute atomic E-state index is 0.309. The van der Waals surface area contributed by atoms with Crippen molar-refractivity contribution in [2.75, 3.05) is 5.33 Å². The van der Waals surface area contributed by atoms with Crippen LogP contribution in [0.1, 0.15) is 102 Å². The van der Waals surface area contributed by atoms with E-state index in [0.717, 1.165) is 13.0 Å². The van der Waals surface area contributed by atoms with Gasteiger partial charge in [-0.05, 0) is 37.1 Å². The number of hydrogen-bond acceptors (Lipinski definition) is 6. The number of nitrogens with zero attached hydrogens (tertiary/aromatic N) is 9. The van der Waals surface area contributed by atoms with Crippen LogP contribution in [0.25, 0.3) is 31.8 Å². The summed E-state index contributed by atoms with van der Waals surface area (Å²) in [7, 11) is 0. The van der Waals surface area contributed by atoms with Crippen LogP contribution in [0.2, 0.25) is 0 Å². The normalized spacial score (nSPS) is 10.0. The highest BCUT2D eigenvalue weighted by molar-refractivity contribution is 9.09. The summed E-state index contributed by atoms with van der Waals surface area (Å²) in [6.07, 6.45) is 15.8. The number of nitrogens with one attached hydrogen (secondary N) is 1. The summed E-state index contributed by atoms with van der Waals surface area (Å²) in [6, 6.07) is 10.3. The van der Waals surface area contributed by atoms with Gasteiger partial charge in [0, 0.05) is 5.33 Å². The standard InChI is InChI=1S/C16H19N5.C8H17Br.C8H3N5/c1-3-4-5-6-7-8-9-21-19-15-10-13(12-17)14(18-2)11-16(15)20-21;1-2-3-4-5-6-7-8-9;1-10-6-3-8-7(11-13-12-8)2-5(6)4-9/h10-11H,3-9H2,1H3;2-8H2,1H3;2-3H,(H,11,12,13). The lowest BCUT2D eigenvalue weighted by molar-refractivity contribution is 0.488. The third-order valence-corrected chi connectivity index (χ3v) is 7.21. The van der Waals surface area contributed by atoms with E-state index >= 15 is 0 Å². The molecule has 10 nitrogen and oxygen atoms in total. The van der Waals surface area contributed by atoms with Crippen LogP contribution in [0.3, 0.4) is 0 Å². The van der Waals surface area contributed by atoms with Gasteiger partial charge in [-0.3, -0.25) is 0 Å². The molecular weight excluding hydrogens is 604 g/mol. The first-order chi connectivity index (χ1) is 21.0. The molecule has 0 fully saturated rings. The Hall–Kier alpha value is -4.32. The molecule has 0 amide bonds. The fraction of sp³-hybridized carbons (Fsp3) is 0.500. The van der Waals surface area contributed by atoms with Crippen molar-refractivity contribution in [1.29, 1.82) is 10.5 Å². The third-order valence-electron chi connectivity index (χ3n) is 6.65. The molecule has 0 aliphatic rings. The van der Waals surface area contributed by atoms with E-state index in [1.54, 1.807) is 29.1 Å². The van der Waals surface area contributed by atoms with Crippen molar-refractivity contribution in [2.45, 2.75) is 97.4 Å². The first-order valence-corrected chi connectivity index (χ1v) is 16.0. The Labute approximate surface area is 262 Å². The van der Waals surface area contributed by atoms with Crippen molar-refractivity contribution in [1.82, 2.24) is 30.4 Å². The Kier molecular flexibility index (Phi) is 16.7. The van der Waals surface area contributed by atoms with Gasteiger partial charge in [-0.15, -0.1) is 0 Å². The van der Waals surface area contributed by atoms with Crippen molar-refractivity contribution in [2.24, 2.45) is 0 Å². The number of H-pyrrole nitrogens is 1. The van der Waals surface area contributed by atoms with Gasteiger partial charge in [0.05, 0.1) is 43.0 Å². The van der Waals surface area contributed by atoms with E-state index < -0.39 is 0 Å². The van der Waals surface area contributed by atoms with Crippen molar-refractivity contribution in [3.8, 4) is 12.1 Å². The zero-order valence-electron chi connectivity index (χ0n) is 25.1. The number of halogens is 1. The number of aromatic amines is 1. The van der Waals surface area contributed by atoms with Crippen LogP contribution in [0, 0.1) is 35.8 Å². The van der Waals surface area contributed by atoms with Crippen LogP contribution < -0.4 is 0 Å². The zero-order valence-corrected chi connectivity index (χ0v) is 26.7. The molecule has 0 saturated carbocycles. The van der Waals surface area contributed by atoms with Gasteiger partial charge in [0.2, 0.25) is 11.4 Å². The number of aryl methyl sites for hydroxylation is 1. The highest BCUT2D eigenvalue weighted by atomic mass is 79.9.